The lowest BCUT2D eigenvalue weighted by Crippen LogP contribution is -2.52. The predicted molar refractivity (Wildman–Crippen MR) is 141 cm³/mol. The highest BCUT2D eigenvalue weighted by Gasteiger charge is 2.20. The number of hydrogen-bond acceptors (Lipinski definition) is 4. The second kappa shape index (κ2) is 12.7. The maximum absolute atomic E-state index is 6.00. The van der Waals surface area contributed by atoms with Crippen LogP contribution in [0.1, 0.15) is 42.9 Å². The minimum atomic E-state index is 0. The number of hydrogen-bond donors (Lipinski definition) is 1. The van der Waals surface area contributed by atoms with Gasteiger partial charge in [0.2, 0.25) is 0 Å². The fourth-order valence-electron chi connectivity index (χ4n) is 4.47. The smallest absolute Gasteiger partial charge is 0.193 e. The number of guanidine groups is 1. The van der Waals surface area contributed by atoms with Crippen molar-refractivity contribution < 1.29 is 0 Å². The summed E-state index contributed by atoms with van der Waals surface area (Å²) in [4.78, 5) is 9.37. The highest BCUT2D eigenvalue weighted by molar-refractivity contribution is 14.0. The van der Waals surface area contributed by atoms with E-state index in [1.165, 1.54) is 30.7 Å². The molecule has 7 nitrogen and oxygen atoms in total. The maximum Gasteiger partial charge on any atom is 0.193 e. The Hall–Kier alpha value is -1.39. The van der Waals surface area contributed by atoms with Gasteiger partial charge >= 0.3 is 0 Å². The van der Waals surface area contributed by atoms with Crippen LogP contribution in [0.25, 0.3) is 0 Å². The zero-order valence-electron chi connectivity index (χ0n) is 19.0. The van der Waals surface area contributed by atoms with Crippen LogP contribution in [0.5, 0.6) is 0 Å². The molecule has 1 fully saturated rings. The summed E-state index contributed by atoms with van der Waals surface area (Å²) in [5.74, 6) is 3.32. The fourth-order valence-corrected chi connectivity index (χ4v) is 4.60. The van der Waals surface area contributed by atoms with Crippen LogP contribution in [0.15, 0.2) is 29.3 Å². The Bertz CT molecular complexity index is 860. The molecule has 1 N–H and O–H groups in total. The minimum Gasteiger partial charge on any atom is -0.356 e. The molecule has 1 aromatic carbocycles. The Morgan fingerprint density at radius 2 is 1.81 bits per heavy atom. The maximum atomic E-state index is 6.00. The molecule has 0 radical (unpaired) electrons. The van der Waals surface area contributed by atoms with E-state index in [4.69, 9.17) is 11.6 Å². The molecular formula is C23H35ClIN7. The number of aromatic nitrogens is 3. The molecule has 2 aliphatic rings. The van der Waals surface area contributed by atoms with Crippen LogP contribution in [-0.2, 0) is 25.9 Å². The van der Waals surface area contributed by atoms with Crippen molar-refractivity contribution in [3.63, 3.8) is 0 Å². The highest BCUT2D eigenvalue weighted by atomic mass is 127. The summed E-state index contributed by atoms with van der Waals surface area (Å²) in [6.07, 6.45) is 6.85. The molecule has 9 heteroatoms. The number of nitrogens with zero attached hydrogens (tertiary/aromatic N) is 6. The molecular weight excluding hydrogens is 537 g/mol. The third-order valence-corrected chi connectivity index (χ3v) is 6.50. The molecule has 4 rings (SSSR count). The van der Waals surface area contributed by atoms with Crippen LogP contribution in [0.4, 0.5) is 0 Å². The summed E-state index contributed by atoms with van der Waals surface area (Å²) >= 11 is 6.00. The molecule has 1 aromatic heterocycles. The molecule has 1 saturated heterocycles. The van der Waals surface area contributed by atoms with Crippen LogP contribution >= 0.6 is 35.6 Å². The quantitative estimate of drug-likeness (QED) is 0.249. The summed E-state index contributed by atoms with van der Waals surface area (Å²) in [7, 11) is 1.88. The van der Waals surface area contributed by atoms with E-state index in [1.54, 1.807) is 0 Å². The van der Waals surface area contributed by atoms with Gasteiger partial charge < -0.3 is 14.8 Å². The molecule has 0 bridgehead atoms. The molecule has 0 amide bonds. The minimum absolute atomic E-state index is 0. The van der Waals surface area contributed by atoms with E-state index in [0.717, 1.165) is 81.9 Å². The number of halogens is 2. The van der Waals surface area contributed by atoms with Crippen molar-refractivity contribution in [2.75, 3.05) is 39.8 Å². The van der Waals surface area contributed by atoms with Gasteiger partial charge in [-0.25, -0.2) is 0 Å². The second-order valence-corrected chi connectivity index (χ2v) is 8.90. The topological polar surface area (TPSA) is 61.6 Å². The molecule has 0 saturated carbocycles. The summed E-state index contributed by atoms with van der Waals surface area (Å²) in [6.45, 7) is 7.01. The molecule has 0 unspecified atom stereocenters. The van der Waals surface area contributed by atoms with E-state index in [9.17, 15) is 0 Å². The van der Waals surface area contributed by atoms with Gasteiger partial charge in [-0.1, -0.05) is 30.2 Å². The van der Waals surface area contributed by atoms with Gasteiger partial charge in [0.05, 0.1) is 0 Å². The predicted octanol–water partition coefficient (Wildman–Crippen LogP) is 3.60. The van der Waals surface area contributed by atoms with Crippen molar-refractivity contribution >= 4 is 41.5 Å². The van der Waals surface area contributed by atoms with Gasteiger partial charge in [-0.05, 0) is 37.0 Å². The third kappa shape index (κ3) is 6.81. The van der Waals surface area contributed by atoms with E-state index < -0.39 is 0 Å². The van der Waals surface area contributed by atoms with Crippen molar-refractivity contribution in [2.45, 2.75) is 51.6 Å². The lowest BCUT2D eigenvalue weighted by atomic mass is 10.2. The second-order valence-electron chi connectivity index (χ2n) is 8.46. The number of nitrogens with one attached hydrogen (secondary N) is 1. The Morgan fingerprint density at radius 1 is 1.03 bits per heavy atom. The molecule has 2 aliphatic heterocycles. The average molecular weight is 572 g/mol. The van der Waals surface area contributed by atoms with E-state index in [0.29, 0.717) is 0 Å². The SMILES string of the molecule is CN=C(NCCCc1nnc2n1CCCCC2)N1CCN(Cc2ccc(Cl)cc2)CC1.I. The molecule has 176 valence electrons. The van der Waals surface area contributed by atoms with Crippen LogP contribution in [0.3, 0.4) is 0 Å². The van der Waals surface area contributed by atoms with Gasteiger partial charge in [-0.3, -0.25) is 9.89 Å². The number of benzene rings is 1. The van der Waals surface area contributed by atoms with Crippen molar-refractivity contribution in [3.8, 4) is 0 Å². The summed E-state index contributed by atoms with van der Waals surface area (Å²) in [6, 6.07) is 8.17. The largest absolute Gasteiger partial charge is 0.356 e. The third-order valence-electron chi connectivity index (χ3n) is 6.25. The Morgan fingerprint density at radius 3 is 2.56 bits per heavy atom. The lowest BCUT2D eigenvalue weighted by molar-refractivity contribution is 0.172. The van der Waals surface area contributed by atoms with Crippen molar-refractivity contribution in [2.24, 2.45) is 4.99 Å². The molecule has 0 aliphatic carbocycles. The number of fused-ring (bicyclic) bond motifs is 1. The van der Waals surface area contributed by atoms with Crippen LogP contribution in [0, 0.1) is 0 Å². The molecule has 3 heterocycles. The number of piperazine rings is 1. The summed E-state index contributed by atoms with van der Waals surface area (Å²) in [5.41, 5.74) is 1.31. The van der Waals surface area contributed by atoms with Crippen molar-refractivity contribution in [1.82, 2.24) is 29.9 Å². The Kier molecular flexibility index (Phi) is 10.1. The van der Waals surface area contributed by atoms with Crippen LogP contribution < -0.4 is 5.32 Å². The zero-order chi connectivity index (χ0) is 21.5. The molecule has 0 atom stereocenters. The van der Waals surface area contributed by atoms with Gasteiger partial charge in [0.25, 0.3) is 0 Å². The first kappa shape index (κ1) is 25.2. The normalized spacial score (nSPS) is 17.4. The van der Waals surface area contributed by atoms with E-state index in [-0.39, 0.29) is 24.0 Å². The first-order chi connectivity index (χ1) is 15.2. The van der Waals surface area contributed by atoms with E-state index >= 15 is 0 Å². The van der Waals surface area contributed by atoms with Crippen molar-refractivity contribution in [1.29, 1.82) is 0 Å². The van der Waals surface area contributed by atoms with Gasteiger partial charge in [0, 0.05) is 70.7 Å². The van der Waals surface area contributed by atoms with Gasteiger partial charge in [0.1, 0.15) is 11.6 Å². The standard InChI is InChI=1S/C23H34ClN7.HI/c1-25-23(26-12-5-7-22-28-27-21-6-3-2-4-13-31(21)22)30-16-14-29(15-17-30)18-19-8-10-20(24)11-9-19;/h8-11H,2-7,12-18H2,1H3,(H,25,26);1H. The lowest BCUT2D eigenvalue weighted by Gasteiger charge is -2.36. The molecule has 32 heavy (non-hydrogen) atoms. The molecule has 2 aromatic rings. The number of rotatable bonds is 6. The summed E-state index contributed by atoms with van der Waals surface area (Å²) in [5, 5.41) is 13.2. The van der Waals surface area contributed by atoms with Gasteiger partial charge in [-0.15, -0.1) is 34.2 Å². The fraction of sp³-hybridized carbons (Fsp3) is 0.609. The first-order valence-electron chi connectivity index (χ1n) is 11.6. The number of aryl methyl sites for hydroxylation is 2. The summed E-state index contributed by atoms with van der Waals surface area (Å²) < 4.78 is 2.35. The number of aliphatic imine (C=N–C) groups is 1. The monoisotopic (exact) mass is 571 g/mol. The highest BCUT2D eigenvalue weighted by Crippen LogP contribution is 2.15. The Labute approximate surface area is 213 Å². The van der Waals surface area contributed by atoms with Crippen LogP contribution in [-0.4, -0.2) is 70.3 Å². The van der Waals surface area contributed by atoms with E-state index in [2.05, 4.69) is 47.0 Å². The van der Waals surface area contributed by atoms with Crippen molar-refractivity contribution in [3.05, 3.63) is 46.5 Å². The van der Waals surface area contributed by atoms with Crippen LogP contribution in [0.2, 0.25) is 5.02 Å². The van der Waals surface area contributed by atoms with E-state index in [1.807, 2.05) is 19.2 Å². The van der Waals surface area contributed by atoms with Gasteiger partial charge in [-0.2, -0.15) is 0 Å². The average Bonchev–Trinajstić information content (AvgIpc) is 3.02. The Balaban J connectivity index is 0.00000289. The van der Waals surface area contributed by atoms with Gasteiger partial charge in [0.15, 0.2) is 5.96 Å². The first-order valence-corrected chi connectivity index (χ1v) is 11.9. The zero-order valence-corrected chi connectivity index (χ0v) is 22.1. The molecule has 0 spiro atoms.